The van der Waals surface area contributed by atoms with Crippen LogP contribution in [0.15, 0.2) is 40.3 Å². The molecule has 1 aliphatic heterocycles. The minimum atomic E-state index is -0.353. The van der Waals surface area contributed by atoms with Gasteiger partial charge in [0.05, 0.1) is 5.56 Å². The van der Waals surface area contributed by atoms with Gasteiger partial charge in [0, 0.05) is 46.1 Å². The van der Waals surface area contributed by atoms with Crippen molar-refractivity contribution in [2.45, 2.75) is 40.5 Å². The van der Waals surface area contributed by atoms with E-state index in [1.54, 1.807) is 25.1 Å². The molecule has 1 saturated heterocycles. The lowest BCUT2D eigenvalue weighted by Gasteiger charge is -2.41. The summed E-state index contributed by atoms with van der Waals surface area (Å²) in [4.78, 5) is 16.1. The third kappa shape index (κ3) is 5.52. The lowest BCUT2D eigenvalue weighted by atomic mass is 9.69. The lowest BCUT2D eigenvalue weighted by Crippen LogP contribution is -2.50. The van der Waals surface area contributed by atoms with Crippen LogP contribution in [0.2, 0.25) is 0 Å². The van der Waals surface area contributed by atoms with Gasteiger partial charge in [-0.3, -0.25) is 9.69 Å². The number of hydrogen-bond acceptors (Lipinski definition) is 5. The van der Waals surface area contributed by atoms with Crippen LogP contribution in [-0.4, -0.2) is 58.6 Å². The Labute approximate surface area is 195 Å². The summed E-state index contributed by atoms with van der Waals surface area (Å²) < 4.78 is 19.9. The zero-order valence-corrected chi connectivity index (χ0v) is 20.1. The Hall–Kier alpha value is -2.54. The number of halogens is 1. The van der Waals surface area contributed by atoms with Gasteiger partial charge in [-0.1, -0.05) is 37.6 Å². The number of hydrogen-bond donors (Lipinski definition) is 0. The smallest absolute Gasteiger partial charge is 0.250 e. The fourth-order valence-electron chi connectivity index (χ4n) is 5.32. The first-order valence-corrected chi connectivity index (χ1v) is 12.0. The van der Waals surface area contributed by atoms with Crippen LogP contribution in [0.3, 0.4) is 0 Å². The number of amides is 1. The maximum Gasteiger partial charge on any atom is 0.250 e. The first kappa shape index (κ1) is 23.6. The summed E-state index contributed by atoms with van der Waals surface area (Å²) in [5.74, 6) is 2.60. The Morgan fingerprint density at radius 2 is 1.91 bits per heavy atom. The van der Waals surface area contributed by atoms with E-state index < -0.39 is 0 Å². The lowest BCUT2D eigenvalue weighted by molar-refractivity contribution is -0.130. The summed E-state index contributed by atoms with van der Waals surface area (Å²) in [6.45, 7) is 13.0. The van der Waals surface area contributed by atoms with E-state index in [1.165, 1.54) is 11.6 Å². The third-order valence-electron chi connectivity index (χ3n) is 7.36. The highest BCUT2D eigenvalue weighted by atomic mass is 19.1. The van der Waals surface area contributed by atoms with Gasteiger partial charge in [0.15, 0.2) is 0 Å². The minimum Gasteiger partial charge on any atom is -0.421 e. The summed E-state index contributed by atoms with van der Waals surface area (Å²) in [6.07, 6.45) is 4.21. The molecule has 4 rings (SSSR count). The van der Waals surface area contributed by atoms with Crippen molar-refractivity contribution >= 4 is 5.91 Å². The molecule has 1 aromatic carbocycles. The second kappa shape index (κ2) is 10.2. The summed E-state index contributed by atoms with van der Waals surface area (Å²) in [5.41, 5.74) is 1.71. The van der Waals surface area contributed by atoms with Gasteiger partial charge in [0.1, 0.15) is 5.82 Å². The molecule has 6 nitrogen and oxygen atoms in total. The fraction of sp³-hybridized carbons (Fsp3) is 0.577. The molecule has 0 radical (unpaired) electrons. The predicted molar refractivity (Wildman–Crippen MR) is 126 cm³/mol. The highest BCUT2D eigenvalue weighted by Gasteiger charge is 2.34. The molecule has 2 aromatic rings. The first-order valence-electron chi connectivity index (χ1n) is 12.0. The van der Waals surface area contributed by atoms with Crippen molar-refractivity contribution in [3.63, 3.8) is 0 Å². The molecule has 2 aliphatic rings. The zero-order chi connectivity index (χ0) is 23.5. The number of carbonyl (C=O) groups excluding carboxylic acids is 1. The van der Waals surface area contributed by atoms with Crippen molar-refractivity contribution in [3.8, 4) is 11.5 Å². The largest absolute Gasteiger partial charge is 0.421 e. The third-order valence-corrected chi connectivity index (χ3v) is 7.36. The van der Waals surface area contributed by atoms with Crippen LogP contribution >= 0.6 is 0 Å². The van der Waals surface area contributed by atoms with Gasteiger partial charge in [0.2, 0.25) is 11.8 Å². The molecule has 0 N–H and O–H groups in total. The molecule has 2 heterocycles. The van der Waals surface area contributed by atoms with E-state index in [2.05, 4.69) is 41.9 Å². The van der Waals surface area contributed by atoms with Crippen LogP contribution < -0.4 is 0 Å². The highest BCUT2D eigenvalue weighted by Crippen LogP contribution is 2.39. The molecule has 1 fully saturated rings. The maximum absolute atomic E-state index is 14.1. The van der Waals surface area contributed by atoms with Crippen LogP contribution in [0.5, 0.6) is 0 Å². The zero-order valence-electron chi connectivity index (χ0n) is 20.1. The molecular weight excluding hydrogens is 419 g/mol. The molecule has 1 amide bonds. The van der Waals surface area contributed by atoms with E-state index in [9.17, 15) is 9.18 Å². The number of rotatable bonds is 6. The van der Waals surface area contributed by atoms with E-state index in [-0.39, 0.29) is 17.6 Å². The van der Waals surface area contributed by atoms with Crippen LogP contribution in [0.1, 0.15) is 40.0 Å². The van der Waals surface area contributed by atoms with Gasteiger partial charge >= 0.3 is 0 Å². The quantitative estimate of drug-likeness (QED) is 0.604. The molecule has 178 valence electrons. The topological polar surface area (TPSA) is 62.5 Å². The predicted octanol–water partition coefficient (Wildman–Crippen LogP) is 4.44. The summed E-state index contributed by atoms with van der Waals surface area (Å²) >= 11 is 0. The standard InChI is InChI=1S/C26H35FN4O2/c1-17(2)23-14-20(15-25-28-29-26(33-25)22-7-5-6-8-24(22)27)18(3)13-21(23)16-30-9-11-31(12-10-30)19(4)32/h5-8,13,17,20-21,23H,9-12,14-16H2,1-4H3/t20-,21-,23-/m0/s1. The van der Waals surface area contributed by atoms with E-state index in [0.717, 1.165) is 39.1 Å². The van der Waals surface area contributed by atoms with Gasteiger partial charge in [0.25, 0.3) is 5.89 Å². The fourth-order valence-corrected chi connectivity index (χ4v) is 5.32. The molecule has 1 aliphatic carbocycles. The molecule has 7 heteroatoms. The molecular formula is C26H35FN4O2. The monoisotopic (exact) mass is 454 g/mol. The minimum absolute atomic E-state index is 0.171. The Balaban J connectivity index is 1.43. The van der Waals surface area contributed by atoms with E-state index in [4.69, 9.17) is 4.42 Å². The highest BCUT2D eigenvalue weighted by molar-refractivity contribution is 5.73. The van der Waals surface area contributed by atoms with E-state index in [0.29, 0.717) is 41.5 Å². The molecule has 0 saturated carbocycles. The van der Waals surface area contributed by atoms with Crippen molar-refractivity contribution in [2.24, 2.45) is 23.7 Å². The van der Waals surface area contributed by atoms with Crippen LogP contribution in [0, 0.1) is 29.5 Å². The number of allylic oxidation sites excluding steroid dienone is 1. The molecule has 0 unspecified atom stereocenters. The van der Waals surface area contributed by atoms with Crippen molar-refractivity contribution in [3.05, 3.63) is 47.6 Å². The average molecular weight is 455 g/mol. The van der Waals surface area contributed by atoms with Crippen molar-refractivity contribution < 1.29 is 13.6 Å². The number of piperazine rings is 1. The molecule has 0 spiro atoms. The van der Waals surface area contributed by atoms with Gasteiger partial charge in [-0.2, -0.15) is 0 Å². The van der Waals surface area contributed by atoms with Crippen LogP contribution in [-0.2, 0) is 11.2 Å². The number of aromatic nitrogens is 2. The molecule has 3 atom stereocenters. The van der Waals surface area contributed by atoms with Gasteiger partial charge in [-0.05, 0) is 49.1 Å². The number of carbonyl (C=O) groups is 1. The number of nitrogens with zero attached hydrogens (tertiary/aromatic N) is 4. The van der Waals surface area contributed by atoms with Gasteiger partial charge < -0.3 is 9.32 Å². The van der Waals surface area contributed by atoms with Crippen molar-refractivity contribution in [1.29, 1.82) is 0 Å². The van der Waals surface area contributed by atoms with Crippen molar-refractivity contribution in [2.75, 3.05) is 32.7 Å². The Morgan fingerprint density at radius 1 is 1.18 bits per heavy atom. The Kier molecular flexibility index (Phi) is 7.27. The van der Waals surface area contributed by atoms with E-state index in [1.807, 2.05) is 4.90 Å². The second-order valence-corrected chi connectivity index (χ2v) is 9.91. The first-order chi connectivity index (χ1) is 15.8. The average Bonchev–Trinajstić information content (AvgIpc) is 3.24. The van der Waals surface area contributed by atoms with Gasteiger partial charge in [-0.15, -0.1) is 10.2 Å². The van der Waals surface area contributed by atoms with Crippen molar-refractivity contribution in [1.82, 2.24) is 20.0 Å². The number of benzene rings is 1. The summed E-state index contributed by atoms with van der Waals surface area (Å²) in [6, 6.07) is 6.48. The van der Waals surface area contributed by atoms with E-state index >= 15 is 0 Å². The molecule has 33 heavy (non-hydrogen) atoms. The molecule has 0 bridgehead atoms. The van der Waals surface area contributed by atoms with Gasteiger partial charge in [-0.25, -0.2) is 4.39 Å². The maximum atomic E-state index is 14.1. The second-order valence-electron chi connectivity index (χ2n) is 9.91. The Bertz CT molecular complexity index is 994. The molecule has 1 aromatic heterocycles. The summed E-state index contributed by atoms with van der Waals surface area (Å²) in [5, 5.41) is 8.31. The Morgan fingerprint density at radius 3 is 2.58 bits per heavy atom. The van der Waals surface area contributed by atoms with Crippen LogP contribution in [0.25, 0.3) is 11.5 Å². The SMILES string of the molecule is CC(=O)N1CCN(C[C@@H]2C=C(C)[C@H](Cc3nnc(-c4ccccc4F)o3)C[C@H]2C(C)C)CC1. The summed E-state index contributed by atoms with van der Waals surface area (Å²) in [7, 11) is 0. The normalized spacial score (nSPS) is 24.2. The van der Waals surface area contributed by atoms with Crippen LogP contribution in [0.4, 0.5) is 4.39 Å².